The van der Waals surface area contributed by atoms with Crippen molar-refractivity contribution in [2.45, 2.75) is 6.42 Å². The molecule has 0 spiro atoms. The number of thiazole rings is 1. The molecule has 3 aromatic rings. The Hall–Kier alpha value is -3.33. The van der Waals surface area contributed by atoms with Crippen molar-refractivity contribution in [3.63, 3.8) is 0 Å². The molecule has 1 unspecified atom stereocenters. The van der Waals surface area contributed by atoms with Gasteiger partial charge >= 0.3 is 5.97 Å². The number of aromatic nitrogens is 1. The van der Waals surface area contributed by atoms with E-state index in [0.717, 1.165) is 11.3 Å². The van der Waals surface area contributed by atoms with E-state index in [1.807, 2.05) is 0 Å². The maximum atomic E-state index is 13.3. The molecule has 1 aliphatic heterocycles. The summed E-state index contributed by atoms with van der Waals surface area (Å²) in [4.78, 5) is 42.9. The van der Waals surface area contributed by atoms with E-state index < -0.39 is 11.9 Å². The number of benzene rings is 2. The lowest BCUT2D eigenvalue weighted by atomic mass is 10.1. The van der Waals surface area contributed by atoms with Crippen LogP contribution in [0.3, 0.4) is 0 Å². The van der Waals surface area contributed by atoms with Crippen LogP contribution in [0.4, 0.5) is 15.2 Å². The number of nitrogens with zero attached hydrogens (tertiary/aromatic N) is 2. The van der Waals surface area contributed by atoms with E-state index in [1.54, 1.807) is 30.3 Å². The molecule has 2 amide bonds. The summed E-state index contributed by atoms with van der Waals surface area (Å²) in [5, 5.41) is 3.05. The number of carbonyl (C=O) groups excluding carboxylic acids is 3. The first kappa shape index (κ1) is 19.0. The van der Waals surface area contributed by atoms with Crippen LogP contribution in [0.15, 0.2) is 42.5 Å². The van der Waals surface area contributed by atoms with Gasteiger partial charge in [-0.15, -0.1) is 0 Å². The predicted octanol–water partition coefficient (Wildman–Crippen LogP) is 3.21. The van der Waals surface area contributed by atoms with Crippen molar-refractivity contribution in [3.8, 4) is 0 Å². The van der Waals surface area contributed by atoms with Crippen molar-refractivity contribution in [2.75, 3.05) is 23.9 Å². The molecular formula is C20H16FN3O4S. The third-order valence-electron chi connectivity index (χ3n) is 4.68. The number of hydrogen-bond acceptors (Lipinski definition) is 6. The lowest BCUT2D eigenvalue weighted by molar-refractivity contribution is -0.122. The molecule has 7 nitrogen and oxygen atoms in total. The Labute approximate surface area is 169 Å². The second-order valence-corrected chi connectivity index (χ2v) is 7.57. The number of hydrogen-bond donors (Lipinski definition) is 1. The zero-order chi connectivity index (χ0) is 20.5. The largest absolute Gasteiger partial charge is 0.465 e. The molecule has 1 saturated heterocycles. The Kier molecular flexibility index (Phi) is 4.98. The van der Waals surface area contributed by atoms with Gasteiger partial charge in [0.25, 0.3) is 0 Å². The van der Waals surface area contributed by atoms with Gasteiger partial charge in [-0.1, -0.05) is 23.5 Å². The van der Waals surface area contributed by atoms with Gasteiger partial charge in [-0.3, -0.25) is 9.59 Å². The number of esters is 1. The van der Waals surface area contributed by atoms with Crippen LogP contribution >= 0.6 is 11.3 Å². The Morgan fingerprint density at radius 3 is 2.86 bits per heavy atom. The van der Waals surface area contributed by atoms with Crippen LogP contribution in [-0.2, 0) is 14.3 Å². The summed E-state index contributed by atoms with van der Waals surface area (Å²) in [7, 11) is 1.27. The summed E-state index contributed by atoms with van der Waals surface area (Å²) < 4.78 is 18.7. The third-order valence-corrected chi connectivity index (χ3v) is 5.61. The number of fused-ring (bicyclic) bond motifs is 1. The molecule has 29 heavy (non-hydrogen) atoms. The molecule has 0 saturated carbocycles. The molecule has 1 aliphatic rings. The summed E-state index contributed by atoms with van der Waals surface area (Å²) in [5.41, 5.74) is 1.26. The standard InChI is InChI=1S/C20H16FN3O4S/c1-28-19(27)13-4-2-3-5-15(13)24-10-11(8-17(24)25)18(26)23-20-22-14-7-6-12(21)9-16(14)29-20/h2-7,9,11H,8,10H2,1H3,(H,22,23,26). The SMILES string of the molecule is COC(=O)c1ccccc1N1CC(C(=O)Nc2nc3ccc(F)cc3s2)CC1=O. The fourth-order valence-corrected chi connectivity index (χ4v) is 4.16. The number of anilines is 2. The zero-order valence-electron chi connectivity index (χ0n) is 15.3. The number of carbonyl (C=O) groups is 3. The molecule has 0 aliphatic carbocycles. The fraction of sp³-hybridized carbons (Fsp3) is 0.200. The molecule has 2 heterocycles. The van der Waals surface area contributed by atoms with Crippen molar-refractivity contribution in [1.29, 1.82) is 0 Å². The average Bonchev–Trinajstić information content (AvgIpc) is 3.29. The van der Waals surface area contributed by atoms with E-state index in [1.165, 1.54) is 24.1 Å². The van der Waals surface area contributed by atoms with Crippen LogP contribution in [-0.4, -0.2) is 36.4 Å². The smallest absolute Gasteiger partial charge is 0.339 e. The topological polar surface area (TPSA) is 88.6 Å². The molecule has 148 valence electrons. The van der Waals surface area contributed by atoms with E-state index >= 15 is 0 Å². The van der Waals surface area contributed by atoms with Crippen molar-refractivity contribution in [3.05, 3.63) is 53.8 Å². The minimum atomic E-state index is -0.600. The molecule has 1 fully saturated rings. The molecule has 0 bridgehead atoms. The molecular weight excluding hydrogens is 397 g/mol. The van der Waals surface area contributed by atoms with Gasteiger partial charge < -0.3 is 15.0 Å². The van der Waals surface area contributed by atoms with Gasteiger partial charge in [0.1, 0.15) is 5.82 Å². The second-order valence-electron chi connectivity index (χ2n) is 6.53. The average molecular weight is 413 g/mol. The van der Waals surface area contributed by atoms with Gasteiger partial charge in [-0.05, 0) is 30.3 Å². The summed E-state index contributed by atoms with van der Waals surface area (Å²) in [6, 6.07) is 10.8. The summed E-state index contributed by atoms with van der Waals surface area (Å²) in [5.74, 6) is -2.14. The van der Waals surface area contributed by atoms with Crippen LogP contribution in [0.1, 0.15) is 16.8 Å². The van der Waals surface area contributed by atoms with Crippen LogP contribution < -0.4 is 10.2 Å². The van der Waals surface area contributed by atoms with Crippen LogP contribution in [0.5, 0.6) is 0 Å². The minimum absolute atomic E-state index is 0.0147. The maximum Gasteiger partial charge on any atom is 0.339 e. The highest BCUT2D eigenvalue weighted by Crippen LogP contribution is 2.31. The Bertz CT molecular complexity index is 1130. The number of nitrogens with one attached hydrogen (secondary N) is 1. The van der Waals surface area contributed by atoms with Gasteiger partial charge in [0.05, 0.1) is 34.5 Å². The van der Waals surface area contributed by atoms with Crippen molar-refractivity contribution >= 4 is 50.2 Å². The maximum absolute atomic E-state index is 13.3. The van der Waals surface area contributed by atoms with Gasteiger partial charge in [0.2, 0.25) is 11.8 Å². The van der Waals surface area contributed by atoms with Gasteiger partial charge in [-0.25, -0.2) is 14.2 Å². The van der Waals surface area contributed by atoms with Gasteiger partial charge in [-0.2, -0.15) is 0 Å². The van der Waals surface area contributed by atoms with Crippen LogP contribution in [0.2, 0.25) is 0 Å². The number of halogens is 1. The third kappa shape index (κ3) is 3.68. The van der Waals surface area contributed by atoms with Crippen LogP contribution in [0.25, 0.3) is 10.2 Å². The normalized spacial score (nSPS) is 16.3. The quantitative estimate of drug-likeness (QED) is 0.664. The van der Waals surface area contributed by atoms with Crippen molar-refractivity contribution in [2.24, 2.45) is 5.92 Å². The van der Waals surface area contributed by atoms with E-state index in [4.69, 9.17) is 4.74 Å². The van der Waals surface area contributed by atoms with E-state index in [9.17, 15) is 18.8 Å². The predicted molar refractivity (Wildman–Crippen MR) is 106 cm³/mol. The summed E-state index contributed by atoms with van der Waals surface area (Å²) in [6.45, 7) is 0.137. The molecule has 1 atom stereocenters. The Morgan fingerprint density at radius 2 is 2.07 bits per heavy atom. The molecule has 0 radical (unpaired) electrons. The number of methoxy groups -OCH3 is 1. The molecule has 9 heteroatoms. The first-order valence-electron chi connectivity index (χ1n) is 8.81. The number of amides is 2. The highest BCUT2D eigenvalue weighted by Gasteiger charge is 2.37. The van der Waals surface area contributed by atoms with Crippen molar-refractivity contribution in [1.82, 2.24) is 4.98 Å². The summed E-state index contributed by atoms with van der Waals surface area (Å²) >= 11 is 1.16. The van der Waals surface area contributed by atoms with Crippen LogP contribution in [0, 0.1) is 11.7 Å². The number of para-hydroxylation sites is 1. The zero-order valence-corrected chi connectivity index (χ0v) is 16.2. The van der Waals surface area contributed by atoms with Gasteiger partial charge in [0.15, 0.2) is 5.13 Å². The Balaban J connectivity index is 1.51. The molecule has 2 aromatic carbocycles. The second kappa shape index (κ2) is 7.59. The highest BCUT2D eigenvalue weighted by molar-refractivity contribution is 7.22. The number of ether oxygens (including phenoxy) is 1. The molecule has 1 aromatic heterocycles. The molecule has 4 rings (SSSR count). The summed E-state index contributed by atoms with van der Waals surface area (Å²) in [6.07, 6.45) is 0.0147. The number of rotatable bonds is 4. The monoisotopic (exact) mass is 413 g/mol. The van der Waals surface area contributed by atoms with E-state index in [2.05, 4.69) is 10.3 Å². The lowest BCUT2D eigenvalue weighted by Gasteiger charge is -2.19. The van der Waals surface area contributed by atoms with E-state index in [-0.39, 0.29) is 36.2 Å². The molecule has 1 N–H and O–H groups in total. The van der Waals surface area contributed by atoms with E-state index in [0.29, 0.717) is 21.0 Å². The minimum Gasteiger partial charge on any atom is -0.465 e. The fourth-order valence-electron chi connectivity index (χ4n) is 3.27. The van der Waals surface area contributed by atoms with Gasteiger partial charge in [0, 0.05) is 13.0 Å². The highest BCUT2D eigenvalue weighted by atomic mass is 32.1. The Morgan fingerprint density at radius 1 is 1.28 bits per heavy atom. The first-order chi connectivity index (χ1) is 14.0. The lowest BCUT2D eigenvalue weighted by Crippen LogP contribution is -2.29. The first-order valence-corrected chi connectivity index (χ1v) is 9.62. The van der Waals surface area contributed by atoms with Crippen molar-refractivity contribution < 1.29 is 23.5 Å².